The lowest BCUT2D eigenvalue weighted by molar-refractivity contribution is -0.885. The van der Waals surface area contributed by atoms with E-state index in [-0.39, 0.29) is 24.3 Å². The number of likely N-dealkylation sites (N-methyl/N-ethyl adjacent to an activating group) is 1. The summed E-state index contributed by atoms with van der Waals surface area (Å²) in [5.41, 5.74) is 1.49. The lowest BCUT2D eigenvalue weighted by atomic mass is 10.1. The second-order valence-corrected chi connectivity index (χ2v) is 6.12. The van der Waals surface area contributed by atoms with Crippen LogP contribution in [0.3, 0.4) is 0 Å². The summed E-state index contributed by atoms with van der Waals surface area (Å²) in [6.45, 7) is 2.55. The van der Waals surface area contributed by atoms with Crippen LogP contribution in [0.4, 0.5) is 4.39 Å². The summed E-state index contributed by atoms with van der Waals surface area (Å²) >= 11 is 6.02. The van der Waals surface area contributed by atoms with E-state index in [0.717, 1.165) is 10.5 Å². The Labute approximate surface area is 141 Å². The first-order chi connectivity index (χ1) is 11.0. The van der Waals surface area contributed by atoms with Crippen LogP contribution in [0.25, 0.3) is 0 Å². The second-order valence-electron chi connectivity index (χ2n) is 5.71. The molecule has 23 heavy (non-hydrogen) atoms. The van der Waals surface area contributed by atoms with Crippen molar-refractivity contribution in [2.75, 3.05) is 13.6 Å². The molecule has 0 bridgehead atoms. The summed E-state index contributed by atoms with van der Waals surface area (Å²) in [5, 5.41) is 3.35. The Morgan fingerprint density at radius 1 is 1.22 bits per heavy atom. The van der Waals surface area contributed by atoms with E-state index in [1.54, 1.807) is 12.1 Å². The zero-order chi connectivity index (χ0) is 16.8. The number of carbonyl (C=O) groups is 1. The first-order valence-corrected chi connectivity index (χ1v) is 7.93. The molecule has 1 amide bonds. The molecule has 0 aliphatic heterocycles. The smallest absolute Gasteiger partial charge is 0.275 e. The monoisotopic (exact) mass is 335 g/mol. The maximum atomic E-state index is 13.8. The molecule has 1 unspecified atom stereocenters. The third-order valence-electron chi connectivity index (χ3n) is 3.68. The molecule has 2 aromatic carbocycles. The van der Waals surface area contributed by atoms with Gasteiger partial charge in [0.2, 0.25) is 0 Å². The van der Waals surface area contributed by atoms with Crippen LogP contribution in [-0.4, -0.2) is 19.5 Å². The van der Waals surface area contributed by atoms with Gasteiger partial charge < -0.3 is 10.2 Å². The minimum Gasteiger partial charge on any atom is -0.345 e. The van der Waals surface area contributed by atoms with Crippen molar-refractivity contribution < 1.29 is 14.1 Å². The summed E-state index contributed by atoms with van der Waals surface area (Å²) in [4.78, 5) is 13.0. The average molecular weight is 336 g/mol. The van der Waals surface area contributed by atoms with Crippen molar-refractivity contribution in [2.45, 2.75) is 19.5 Å². The van der Waals surface area contributed by atoms with Gasteiger partial charge >= 0.3 is 0 Å². The molecule has 0 heterocycles. The summed E-state index contributed by atoms with van der Waals surface area (Å²) < 4.78 is 13.8. The van der Waals surface area contributed by atoms with E-state index in [1.807, 2.05) is 44.3 Å². The van der Waals surface area contributed by atoms with Gasteiger partial charge in [0.25, 0.3) is 5.91 Å². The lowest BCUT2D eigenvalue weighted by Gasteiger charge is -2.18. The number of nitrogens with one attached hydrogen (secondary N) is 2. The maximum Gasteiger partial charge on any atom is 0.275 e. The topological polar surface area (TPSA) is 33.5 Å². The Hall–Kier alpha value is -1.91. The van der Waals surface area contributed by atoms with E-state index in [4.69, 9.17) is 11.6 Å². The van der Waals surface area contributed by atoms with Crippen molar-refractivity contribution in [1.29, 1.82) is 0 Å². The third-order valence-corrected chi connectivity index (χ3v) is 4.03. The van der Waals surface area contributed by atoms with Gasteiger partial charge in [0.05, 0.1) is 23.7 Å². The lowest BCUT2D eigenvalue weighted by Crippen LogP contribution is -3.09. The molecule has 2 N–H and O–H groups in total. The van der Waals surface area contributed by atoms with Gasteiger partial charge in [-0.05, 0) is 24.6 Å². The van der Waals surface area contributed by atoms with Crippen molar-refractivity contribution in [3.8, 4) is 0 Å². The minimum atomic E-state index is -0.338. The number of benzene rings is 2. The summed E-state index contributed by atoms with van der Waals surface area (Å²) in [6, 6.07) is 14.3. The van der Waals surface area contributed by atoms with Crippen LogP contribution in [0.2, 0.25) is 5.02 Å². The van der Waals surface area contributed by atoms with Crippen LogP contribution in [0.5, 0.6) is 0 Å². The Kier molecular flexibility index (Phi) is 6.13. The molecule has 5 heteroatoms. The molecule has 0 fully saturated rings. The molecule has 122 valence electrons. The summed E-state index contributed by atoms with van der Waals surface area (Å²) in [6.07, 6.45) is 0. The predicted molar refractivity (Wildman–Crippen MR) is 89.9 cm³/mol. The normalized spacial score (nSPS) is 13.4. The zero-order valence-corrected chi connectivity index (χ0v) is 14.0. The van der Waals surface area contributed by atoms with E-state index >= 15 is 0 Å². The number of halogens is 2. The van der Waals surface area contributed by atoms with Gasteiger partial charge in [-0.2, -0.15) is 0 Å². The fourth-order valence-electron chi connectivity index (χ4n) is 2.46. The molecule has 2 rings (SSSR count). The van der Waals surface area contributed by atoms with Crippen molar-refractivity contribution in [3.05, 3.63) is 70.5 Å². The number of rotatable bonds is 6. The van der Waals surface area contributed by atoms with Crippen LogP contribution in [0.1, 0.15) is 24.1 Å². The van der Waals surface area contributed by atoms with Crippen molar-refractivity contribution >= 4 is 17.5 Å². The molecule has 3 nitrogen and oxygen atoms in total. The van der Waals surface area contributed by atoms with E-state index in [2.05, 4.69) is 5.32 Å². The van der Waals surface area contributed by atoms with Crippen molar-refractivity contribution in [3.63, 3.8) is 0 Å². The zero-order valence-electron chi connectivity index (χ0n) is 13.3. The van der Waals surface area contributed by atoms with Crippen molar-refractivity contribution in [1.82, 2.24) is 5.32 Å². The summed E-state index contributed by atoms with van der Waals surface area (Å²) in [7, 11) is 1.84. The number of hydrogen-bond acceptors (Lipinski definition) is 1. The van der Waals surface area contributed by atoms with Gasteiger partial charge in [-0.15, -0.1) is 0 Å². The summed E-state index contributed by atoms with van der Waals surface area (Å²) in [5.74, 6) is -0.416. The standard InChI is InChI=1S/C18H20ClFN2O/c1-13(14-7-4-3-5-8-14)21-18(23)12-22(2)11-15-16(19)9-6-10-17(15)20/h3-10,13H,11-12H2,1-2H3,(H,21,23)/p+1/t13-/m0/s1. The van der Waals surface area contributed by atoms with Gasteiger partial charge in [0, 0.05) is 0 Å². The quantitative estimate of drug-likeness (QED) is 0.835. The molecule has 0 saturated carbocycles. The highest BCUT2D eigenvalue weighted by Crippen LogP contribution is 2.17. The molecule has 0 saturated heterocycles. The molecular weight excluding hydrogens is 315 g/mol. The SMILES string of the molecule is C[C@H](NC(=O)C[NH+](C)Cc1c(F)cccc1Cl)c1ccccc1. The Morgan fingerprint density at radius 2 is 1.91 bits per heavy atom. The Balaban J connectivity index is 1.90. The molecule has 0 aromatic heterocycles. The highest BCUT2D eigenvalue weighted by atomic mass is 35.5. The molecule has 0 spiro atoms. The number of amides is 1. The molecule has 2 atom stereocenters. The fraction of sp³-hybridized carbons (Fsp3) is 0.278. The first kappa shape index (κ1) is 17.4. The van der Waals surface area contributed by atoms with E-state index < -0.39 is 0 Å². The molecule has 0 radical (unpaired) electrons. The second kappa shape index (κ2) is 8.09. The van der Waals surface area contributed by atoms with Crippen molar-refractivity contribution in [2.24, 2.45) is 0 Å². The van der Waals surface area contributed by atoms with Crippen LogP contribution in [0.15, 0.2) is 48.5 Å². The van der Waals surface area contributed by atoms with E-state index in [0.29, 0.717) is 17.1 Å². The van der Waals surface area contributed by atoms with Crippen LogP contribution in [-0.2, 0) is 11.3 Å². The van der Waals surface area contributed by atoms with Crippen LogP contribution in [0, 0.1) is 5.82 Å². The highest BCUT2D eigenvalue weighted by molar-refractivity contribution is 6.31. The molecule has 0 aliphatic rings. The number of hydrogen-bond donors (Lipinski definition) is 2. The minimum absolute atomic E-state index is 0.0615. The van der Waals surface area contributed by atoms with E-state index in [1.165, 1.54) is 6.07 Å². The number of carbonyl (C=O) groups excluding carboxylic acids is 1. The van der Waals surface area contributed by atoms with Gasteiger partial charge in [-0.3, -0.25) is 4.79 Å². The highest BCUT2D eigenvalue weighted by Gasteiger charge is 2.17. The predicted octanol–water partition coefficient (Wildman–Crippen LogP) is 2.37. The Morgan fingerprint density at radius 3 is 2.57 bits per heavy atom. The van der Waals surface area contributed by atoms with Gasteiger partial charge in [-0.25, -0.2) is 4.39 Å². The number of quaternary nitrogens is 1. The third kappa shape index (κ3) is 5.05. The maximum absolute atomic E-state index is 13.8. The van der Waals surface area contributed by atoms with Crippen LogP contribution >= 0.6 is 11.6 Å². The Bertz CT molecular complexity index is 643. The molecule has 2 aromatic rings. The fourth-order valence-corrected chi connectivity index (χ4v) is 2.69. The van der Waals surface area contributed by atoms with Gasteiger partial charge in [0.15, 0.2) is 6.54 Å². The van der Waals surface area contributed by atoms with Gasteiger partial charge in [-0.1, -0.05) is 48.0 Å². The molecule has 0 aliphatic carbocycles. The largest absolute Gasteiger partial charge is 0.345 e. The van der Waals surface area contributed by atoms with E-state index in [9.17, 15) is 9.18 Å². The first-order valence-electron chi connectivity index (χ1n) is 7.56. The van der Waals surface area contributed by atoms with Crippen LogP contribution < -0.4 is 10.2 Å². The average Bonchev–Trinajstić information content (AvgIpc) is 2.51. The van der Waals surface area contributed by atoms with Gasteiger partial charge in [0.1, 0.15) is 12.4 Å². The molecular formula is C18H21ClFN2O+.